The van der Waals surface area contributed by atoms with Crippen molar-refractivity contribution in [2.75, 3.05) is 43.0 Å². The van der Waals surface area contributed by atoms with Gasteiger partial charge >= 0.3 is 12.4 Å². The molecule has 0 spiro atoms. The van der Waals surface area contributed by atoms with Gasteiger partial charge in [-0.15, -0.1) is 0 Å². The Morgan fingerprint density at radius 2 is 1.64 bits per heavy atom. The maximum absolute atomic E-state index is 14.0. The lowest BCUT2D eigenvalue weighted by molar-refractivity contribution is -0.139. The summed E-state index contributed by atoms with van der Waals surface area (Å²) >= 11 is 0. The van der Waals surface area contributed by atoms with Crippen LogP contribution in [0.4, 0.5) is 38.0 Å². The number of nitrogens with zero attached hydrogens (tertiary/aromatic N) is 7. The standard InChI is InChI=1S/C29H38F6N8O3Si/c1-19-15-40(17-22(19)25(44)41-6-8-42(9-7-41)27-36-12-21(13-37-27)28(30,31)32)16-20(2)39-23-14-38-43(18-46-10-11-47(3,4)5)26(45)24(23)29(33,34)35/h12-15,17,20,39H,6-11,16,18H2,1-5H3. The third-order valence-corrected chi connectivity index (χ3v) is 9.25. The van der Waals surface area contributed by atoms with E-state index in [1.165, 1.54) is 0 Å². The summed E-state index contributed by atoms with van der Waals surface area (Å²) in [4.78, 5) is 37.0. The fourth-order valence-electron chi connectivity index (χ4n) is 4.98. The lowest BCUT2D eigenvalue weighted by atomic mass is 10.2. The van der Waals surface area contributed by atoms with E-state index >= 15 is 0 Å². The summed E-state index contributed by atoms with van der Waals surface area (Å²) in [5.74, 6) is -0.116. The quantitative estimate of drug-likeness (QED) is 0.171. The van der Waals surface area contributed by atoms with Crippen molar-refractivity contribution in [1.29, 1.82) is 0 Å². The number of carbonyl (C=O) groups is 1. The van der Waals surface area contributed by atoms with Gasteiger partial charge in [0.25, 0.3) is 11.5 Å². The molecule has 258 valence electrons. The van der Waals surface area contributed by atoms with Crippen molar-refractivity contribution in [2.24, 2.45) is 0 Å². The molecule has 1 atom stereocenters. The monoisotopic (exact) mass is 688 g/mol. The van der Waals surface area contributed by atoms with Crippen LogP contribution in [0, 0.1) is 6.92 Å². The topological polar surface area (TPSA) is 110 Å². The maximum atomic E-state index is 14.0. The van der Waals surface area contributed by atoms with E-state index in [1.807, 2.05) is 0 Å². The summed E-state index contributed by atoms with van der Waals surface area (Å²) in [5.41, 5.74) is -3.01. The zero-order valence-electron chi connectivity index (χ0n) is 26.7. The molecule has 1 aliphatic rings. The van der Waals surface area contributed by atoms with Crippen LogP contribution in [0.1, 0.15) is 34.0 Å². The number of amides is 1. The minimum absolute atomic E-state index is 0.140. The number of hydrogen-bond donors (Lipinski definition) is 1. The molecule has 11 nitrogen and oxygen atoms in total. The van der Waals surface area contributed by atoms with Crippen LogP contribution in [-0.2, 0) is 30.4 Å². The molecule has 1 fully saturated rings. The van der Waals surface area contributed by atoms with E-state index in [1.54, 1.807) is 40.6 Å². The second-order valence-corrected chi connectivity index (χ2v) is 18.4. The average Bonchev–Trinajstić information content (AvgIpc) is 3.33. The van der Waals surface area contributed by atoms with Gasteiger partial charge in [-0.1, -0.05) is 19.6 Å². The molecule has 0 aliphatic carbocycles. The number of anilines is 2. The van der Waals surface area contributed by atoms with Crippen molar-refractivity contribution in [3.8, 4) is 0 Å². The maximum Gasteiger partial charge on any atom is 0.423 e. The van der Waals surface area contributed by atoms with Crippen molar-refractivity contribution in [3.05, 3.63) is 63.6 Å². The Balaban J connectivity index is 1.37. The molecule has 1 aliphatic heterocycles. The molecule has 1 amide bonds. The molecule has 47 heavy (non-hydrogen) atoms. The van der Waals surface area contributed by atoms with Crippen LogP contribution < -0.4 is 15.8 Å². The molecule has 0 radical (unpaired) electrons. The molecular weight excluding hydrogens is 650 g/mol. The number of aromatic nitrogens is 5. The van der Waals surface area contributed by atoms with Gasteiger partial charge in [-0.2, -0.15) is 31.4 Å². The number of halogens is 6. The van der Waals surface area contributed by atoms with Crippen LogP contribution in [0.5, 0.6) is 0 Å². The van der Waals surface area contributed by atoms with Crippen LogP contribution in [-0.4, -0.2) is 82.0 Å². The van der Waals surface area contributed by atoms with E-state index in [0.717, 1.165) is 24.6 Å². The summed E-state index contributed by atoms with van der Waals surface area (Å²) in [7, 11) is -1.43. The molecule has 1 unspecified atom stereocenters. The van der Waals surface area contributed by atoms with Crippen molar-refractivity contribution in [3.63, 3.8) is 0 Å². The first-order valence-corrected chi connectivity index (χ1v) is 18.7. The van der Waals surface area contributed by atoms with Gasteiger partial charge in [-0.25, -0.2) is 14.6 Å². The predicted octanol–water partition coefficient (Wildman–Crippen LogP) is 4.96. The molecule has 0 aromatic carbocycles. The van der Waals surface area contributed by atoms with E-state index in [9.17, 15) is 35.9 Å². The molecular formula is C29H38F6N8O3Si. The number of carbonyl (C=O) groups excluding carboxylic acids is 1. The minimum atomic E-state index is -4.94. The highest BCUT2D eigenvalue weighted by molar-refractivity contribution is 6.76. The summed E-state index contributed by atoms with van der Waals surface area (Å²) in [5, 5.41) is 6.64. The van der Waals surface area contributed by atoms with Crippen LogP contribution in [0.25, 0.3) is 0 Å². The van der Waals surface area contributed by atoms with E-state index in [-0.39, 0.29) is 38.2 Å². The first kappa shape index (κ1) is 35.9. The number of rotatable bonds is 11. The zero-order chi connectivity index (χ0) is 34.7. The number of aryl methyl sites for hydroxylation is 1. The lowest BCUT2D eigenvalue weighted by Crippen LogP contribution is -2.49. The van der Waals surface area contributed by atoms with Crippen LogP contribution in [0.2, 0.25) is 25.7 Å². The first-order valence-electron chi connectivity index (χ1n) is 14.9. The number of alkyl halides is 6. The van der Waals surface area contributed by atoms with E-state index in [4.69, 9.17) is 4.74 Å². The van der Waals surface area contributed by atoms with Gasteiger partial charge in [-0.3, -0.25) is 9.59 Å². The van der Waals surface area contributed by atoms with E-state index < -0.39 is 48.8 Å². The summed E-state index contributed by atoms with van der Waals surface area (Å²) < 4.78 is 88.2. The van der Waals surface area contributed by atoms with Crippen molar-refractivity contribution in [1.82, 2.24) is 29.2 Å². The van der Waals surface area contributed by atoms with Crippen molar-refractivity contribution < 1.29 is 35.9 Å². The Hall–Kier alpha value is -3.93. The van der Waals surface area contributed by atoms with Gasteiger partial charge < -0.3 is 24.4 Å². The highest BCUT2D eigenvalue weighted by atomic mass is 28.3. The average molecular weight is 689 g/mol. The number of piperazine rings is 1. The lowest BCUT2D eigenvalue weighted by Gasteiger charge is -2.34. The predicted molar refractivity (Wildman–Crippen MR) is 165 cm³/mol. The Labute approximate surface area is 268 Å². The van der Waals surface area contributed by atoms with Crippen molar-refractivity contribution in [2.45, 2.75) is 71.2 Å². The Kier molecular flexibility index (Phi) is 10.7. The fraction of sp³-hybridized carbons (Fsp3) is 0.552. The van der Waals surface area contributed by atoms with Gasteiger partial charge in [0, 0.05) is 78.2 Å². The molecule has 3 aromatic rings. The highest BCUT2D eigenvalue weighted by Crippen LogP contribution is 2.32. The van der Waals surface area contributed by atoms with Gasteiger partial charge in [-0.05, 0) is 25.5 Å². The molecule has 0 saturated carbocycles. The number of ether oxygens (including phenoxy) is 1. The summed E-state index contributed by atoms with van der Waals surface area (Å²) in [6.45, 7) is 11.1. The Morgan fingerprint density at radius 1 is 1.00 bits per heavy atom. The number of hydrogen-bond acceptors (Lipinski definition) is 8. The van der Waals surface area contributed by atoms with Crippen LogP contribution >= 0.6 is 0 Å². The molecule has 4 rings (SSSR count). The highest BCUT2D eigenvalue weighted by Gasteiger charge is 2.39. The molecule has 0 bridgehead atoms. The first-order chi connectivity index (χ1) is 21.8. The van der Waals surface area contributed by atoms with Crippen LogP contribution in [0.3, 0.4) is 0 Å². The Bertz CT molecular complexity index is 1590. The smallest absolute Gasteiger partial charge is 0.379 e. The molecule has 1 saturated heterocycles. The molecule has 1 N–H and O–H groups in total. The molecule has 4 heterocycles. The van der Waals surface area contributed by atoms with Gasteiger partial charge in [0.1, 0.15) is 12.3 Å². The number of nitrogens with one attached hydrogen (secondary N) is 1. The largest absolute Gasteiger partial charge is 0.423 e. The summed E-state index contributed by atoms with van der Waals surface area (Å²) in [6.07, 6.45) is -3.75. The summed E-state index contributed by atoms with van der Waals surface area (Å²) in [6, 6.07) is 0.193. The van der Waals surface area contributed by atoms with E-state index in [2.05, 4.69) is 40.0 Å². The second-order valence-electron chi connectivity index (χ2n) is 12.7. The SMILES string of the molecule is Cc1cn(CC(C)Nc2cnn(COCC[Si](C)(C)C)c(=O)c2C(F)(F)F)cc1C(=O)N1CCN(c2ncc(C(F)(F)F)cn2)CC1. The fourth-order valence-corrected chi connectivity index (χ4v) is 5.74. The van der Waals surface area contributed by atoms with Crippen LogP contribution in [0.15, 0.2) is 35.8 Å². The van der Waals surface area contributed by atoms with Gasteiger partial charge in [0.2, 0.25) is 5.95 Å². The third-order valence-electron chi connectivity index (χ3n) is 7.55. The molecule has 3 aromatic heterocycles. The normalized spacial score (nSPS) is 15.2. The zero-order valence-corrected chi connectivity index (χ0v) is 27.7. The third kappa shape index (κ3) is 9.33. The molecule has 18 heteroatoms. The Morgan fingerprint density at radius 3 is 2.21 bits per heavy atom. The van der Waals surface area contributed by atoms with Crippen molar-refractivity contribution >= 4 is 25.6 Å². The van der Waals surface area contributed by atoms with E-state index in [0.29, 0.717) is 35.5 Å². The van der Waals surface area contributed by atoms with Gasteiger partial charge in [0.05, 0.1) is 23.0 Å². The van der Waals surface area contributed by atoms with Gasteiger partial charge in [0.15, 0.2) is 0 Å². The second kappa shape index (κ2) is 14.0. The minimum Gasteiger partial charge on any atom is -0.379 e.